The zero-order valence-electron chi connectivity index (χ0n) is 20.2. The monoisotopic (exact) mass is 540 g/mol. The summed E-state index contributed by atoms with van der Waals surface area (Å²) in [5.74, 6) is -0.571. The number of benzene rings is 2. The molecule has 0 spiro atoms. The molecular formula is C26H28ClF3N2O5. The van der Waals surface area contributed by atoms with Gasteiger partial charge in [0.25, 0.3) is 11.8 Å². The first kappa shape index (κ1) is 28.3. The predicted octanol–water partition coefficient (Wildman–Crippen LogP) is 5.02. The molecule has 0 radical (unpaired) electrons. The van der Waals surface area contributed by atoms with Crippen LogP contribution in [0, 0.1) is 5.92 Å². The van der Waals surface area contributed by atoms with Gasteiger partial charge in [0.2, 0.25) is 0 Å². The number of esters is 1. The fourth-order valence-corrected chi connectivity index (χ4v) is 4.28. The molecule has 1 aliphatic carbocycles. The molecule has 0 aromatic heterocycles. The third-order valence-electron chi connectivity index (χ3n) is 5.95. The first-order chi connectivity index (χ1) is 17.6. The summed E-state index contributed by atoms with van der Waals surface area (Å²) in [6.07, 6.45) is -1.69. The van der Waals surface area contributed by atoms with Crippen LogP contribution in [0.3, 0.4) is 0 Å². The van der Waals surface area contributed by atoms with Crippen molar-refractivity contribution < 1.29 is 37.0 Å². The van der Waals surface area contributed by atoms with Crippen LogP contribution >= 0.6 is 11.6 Å². The summed E-state index contributed by atoms with van der Waals surface area (Å²) in [6, 6.07) is 9.38. The Labute approximate surface area is 217 Å². The van der Waals surface area contributed by atoms with E-state index < -0.39 is 22.7 Å². The molecule has 1 saturated carbocycles. The van der Waals surface area contributed by atoms with E-state index in [9.17, 15) is 27.6 Å². The zero-order chi connectivity index (χ0) is 27.0. The minimum atomic E-state index is -4.61. The second kappa shape index (κ2) is 12.8. The highest BCUT2D eigenvalue weighted by Crippen LogP contribution is 2.35. The van der Waals surface area contributed by atoms with Gasteiger partial charge in [0.15, 0.2) is 0 Å². The van der Waals surface area contributed by atoms with Crippen molar-refractivity contribution in [1.29, 1.82) is 0 Å². The van der Waals surface area contributed by atoms with Crippen molar-refractivity contribution in [1.82, 2.24) is 10.6 Å². The number of carbonyl (C=O) groups excluding carboxylic acids is 3. The summed E-state index contributed by atoms with van der Waals surface area (Å²) >= 11 is 5.64. The van der Waals surface area contributed by atoms with Gasteiger partial charge < -0.3 is 20.1 Å². The summed E-state index contributed by atoms with van der Waals surface area (Å²) in [4.78, 5) is 36.4. The first-order valence-electron chi connectivity index (χ1n) is 11.9. The maximum absolute atomic E-state index is 12.8. The van der Waals surface area contributed by atoms with Crippen LogP contribution in [-0.2, 0) is 15.7 Å². The quantitative estimate of drug-likeness (QED) is 0.344. The molecule has 1 fully saturated rings. The highest BCUT2D eigenvalue weighted by molar-refractivity contribution is 6.31. The molecule has 2 aromatic rings. The maximum atomic E-state index is 12.8. The van der Waals surface area contributed by atoms with Gasteiger partial charge in [0, 0.05) is 24.2 Å². The van der Waals surface area contributed by atoms with E-state index in [1.54, 1.807) is 31.2 Å². The molecule has 2 aromatic carbocycles. The van der Waals surface area contributed by atoms with Crippen LogP contribution < -0.4 is 15.4 Å². The van der Waals surface area contributed by atoms with Gasteiger partial charge in [-0.25, -0.2) is 0 Å². The van der Waals surface area contributed by atoms with Crippen LogP contribution in [0.5, 0.6) is 5.75 Å². The number of carbonyl (C=O) groups is 3. The average molecular weight is 541 g/mol. The molecule has 0 saturated heterocycles. The molecule has 2 amide bonds. The number of amides is 2. The third kappa shape index (κ3) is 8.11. The fraction of sp³-hybridized carbons (Fsp3) is 0.423. The number of alkyl halides is 3. The Kier molecular flexibility index (Phi) is 9.79. The summed E-state index contributed by atoms with van der Waals surface area (Å²) in [5.41, 5.74) is -0.635. The Morgan fingerprint density at radius 2 is 1.49 bits per heavy atom. The zero-order valence-corrected chi connectivity index (χ0v) is 21.0. The smallest absolute Gasteiger partial charge is 0.417 e. The molecule has 1 aliphatic rings. The summed E-state index contributed by atoms with van der Waals surface area (Å²) < 4.78 is 49.4. The molecule has 200 valence electrons. The van der Waals surface area contributed by atoms with Crippen molar-refractivity contribution >= 4 is 29.4 Å². The lowest BCUT2D eigenvalue weighted by molar-refractivity contribution is -0.149. The molecule has 0 unspecified atom stereocenters. The van der Waals surface area contributed by atoms with E-state index in [1.807, 2.05) is 0 Å². The van der Waals surface area contributed by atoms with E-state index in [1.165, 1.54) is 0 Å². The van der Waals surface area contributed by atoms with E-state index in [0.717, 1.165) is 31.0 Å². The Morgan fingerprint density at radius 3 is 2.03 bits per heavy atom. The molecule has 37 heavy (non-hydrogen) atoms. The lowest BCUT2D eigenvalue weighted by Crippen LogP contribution is -2.34. The van der Waals surface area contributed by atoms with E-state index in [2.05, 4.69) is 10.6 Å². The van der Waals surface area contributed by atoms with E-state index in [-0.39, 0.29) is 42.6 Å². The topological polar surface area (TPSA) is 93.7 Å². The maximum Gasteiger partial charge on any atom is 0.417 e. The normalized spacial score (nSPS) is 17.5. The first-order valence-corrected chi connectivity index (χ1v) is 12.3. The molecule has 3 rings (SSSR count). The number of rotatable bonds is 9. The van der Waals surface area contributed by atoms with Gasteiger partial charge in [-0.1, -0.05) is 11.6 Å². The molecular weight excluding hydrogens is 513 g/mol. The summed E-state index contributed by atoms with van der Waals surface area (Å²) in [6.45, 7) is 2.35. The predicted molar refractivity (Wildman–Crippen MR) is 131 cm³/mol. The Bertz CT molecular complexity index is 1100. The van der Waals surface area contributed by atoms with Gasteiger partial charge in [-0.15, -0.1) is 0 Å². The van der Waals surface area contributed by atoms with Crippen molar-refractivity contribution in [2.75, 3.05) is 19.7 Å². The Hall–Kier alpha value is -3.27. The lowest BCUT2D eigenvalue weighted by atomic mass is 9.87. The second-order valence-corrected chi connectivity index (χ2v) is 8.98. The van der Waals surface area contributed by atoms with Crippen molar-refractivity contribution in [3.8, 4) is 5.75 Å². The largest absolute Gasteiger partial charge is 0.490 e. The standard InChI is InChI=1S/C26H28ClF3N2O5/c1-2-36-25(35)17-5-10-20(11-6-17)37-19-8-3-16(4-9-19)23(33)31-13-14-32-24(34)18-7-12-21(22(27)15-18)26(28,29)30/h3-4,7-9,12,15,17,20H,2,5-6,10-11,13-14H2,1H3,(H,31,33)(H,32,34). The molecule has 11 heteroatoms. The summed E-state index contributed by atoms with van der Waals surface area (Å²) in [5, 5.41) is 4.62. The van der Waals surface area contributed by atoms with Crippen LogP contribution in [-0.4, -0.2) is 43.6 Å². The molecule has 7 nitrogen and oxygen atoms in total. The van der Waals surface area contributed by atoms with Crippen molar-refractivity contribution in [2.45, 2.75) is 44.9 Å². The number of nitrogens with one attached hydrogen (secondary N) is 2. The SMILES string of the molecule is CCOC(=O)C1CCC(Oc2ccc(C(=O)NCCNC(=O)c3ccc(C(F)(F)F)c(Cl)c3)cc2)CC1. The minimum absolute atomic E-state index is 0.00601. The average Bonchev–Trinajstić information content (AvgIpc) is 2.86. The number of hydrogen-bond acceptors (Lipinski definition) is 5. The van der Waals surface area contributed by atoms with Gasteiger partial charge in [0.1, 0.15) is 5.75 Å². The Morgan fingerprint density at radius 1 is 0.919 bits per heavy atom. The molecule has 2 N–H and O–H groups in total. The van der Waals surface area contributed by atoms with Crippen LogP contribution in [0.25, 0.3) is 0 Å². The van der Waals surface area contributed by atoms with Gasteiger partial charge in [0.05, 0.1) is 29.2 Å². The van der Waals surface area contributed by atoms with Crippen molar-refractivity contribution in [2.24, 2.45) is 5.92 Å². The molecule has 0 aliphatic heterocycles. The van der Waals surface area contributed by atoms with Crippen molar-refractivity contribution in [3.63, 3.8) is 0 Å². The van der Waals surface area contributed by atoms with Crippen LogP contribution in [0.1, 0.15) is 58.9 Å². The van der Waals surface area contributed by atoms with E-state index in [4.69, 9.17) is 21.1 Å². The molecule has 0 bridgehead atoms. The van der Waals surface area contributed by atoms with Gasteiger partial charge >= 0.3 is 12.1 Å². The molecule has 0 heterocycles. The van der Waals surface area contributed by atoms with E-state index in [0.29, 0.717) is 30.8 Å². The number of hydrogen-bond donors (Lipinski definition) is 2. The number of halogens is 4. The van der Waals surface area contributed by atoms with Gasteiger partial charge in [-0.05, 0) is 75.1 Å². The fourth-order valence-electron chi connectivity index (χ4n) is 4.00. The highest BCUT2D eigenvalue weighted by Gasteiger charge is 2.33. The third-order valence-corrected chi connectivity index (χ3v) is 6.26. The van der Waals surface area contributed by atoms with E-state index >= 15 is 0 Å². The van der Waals surface area contributed by atoms with Crippen LogP contribution in [0.4, 0.5) is 13.2 Å². The van der Waals surface area contributed by atoms with Crippen molar-refractivity contribution in [3.05, 3.63) is 64.2 Å². The second-order valence-electron chi connectivity index (χ2n) is 8.57. The highest BCUT2D eigenvalue weighted by atomic mass is 35.5. The van der Waals surface area contributed by atoms with Crippen LogP contribution in [0.15, 0.2) is 42.5 Å². The minimum Gasteiger partial charge on any atom is -0.490 e. The van der Waals surface area contributed by atoms with Gasteiger partial charge in [-0.2, -0.15) is 13.2 Å². The number of ether oxygens (including phenoxy) is 2. The lowest BCUT2D eigenvalue weighted by Gasteiger charge is -2.27. The summed E-state index contributed by atoms with van der Waals surface area (Å²) in [7, 11) is 0. The van der Waals surface area contributed by atoms with Gasteiger partial charge in [-0.3, -0.25) is 14.4 Å². The Balaban J connectivity index is 1.39. The van der Waals surface area contributed by atoms with Crippen LogP contribution in [0.2, 0.25) is 5.02 Å². The molecule has 0 atom stereocenters.